The largest absolute Gasteiger partial charge is 0.497 e. The fourth-order valence-corrected chi connectivity index (χ4v) is 2.86. The van der Waals surface area contributed by atoms with Gasteiger partial charge in [-0.05, 0) is 31.0 Å². The van der Waals surface area contributed by atoms with Gasteiger partial charge in [0.15, 0.2) is 0 Å². The number of rotatable bonds is 4. The molecule has 1 atom stereocenters. The molecule has 1 aliphatic rings. The third-order valence-corrected chi connectivity index (χ3v) is 3.86. The third kappa shape index (κ3) is 2.63. The fraction of sp³-hybridized carbons (Fsp3) is 0.375. The van der Waals surface area contributed by atoms with E-state index >= 15 is 0 Å². The molecule has 0 N–H and O–H groups in total. The second-order valence-electron chi connectivity index (χ2n) is 5.01. The van der Waals surface area contributed by atoms with E-state index in [1.807, 2.05) is 18.2 Å². The van der Waals surface area contributed by atoms with Crippen molar-refractivity contribution in [3.05, 3.63) is 42.2 Å². The summed E-state index contributed by atoms with van der Waals surface area (Å²) in [7, 11) is 3.35. The van der Waals surface area contributed by atoms with Crippen LogP contribution in [0.3, 0.4) is 0 Å². The first-order valence-electron chi connectivity index (χ1n) is 7.09. The molecule has 1 saturated heterocycles. The molecule has 110 valence electrons. The van der Waals surface area contributed by atoms with Gasteiger partial charge in [-0.1, -0.05) is 0 Å². The average molecular weight is 285 g/mol. The summed E-state index contributed by atoms with van der Waals surface area (Å²) in [6.07, 6.45) is 5.75. The quantitative estimate of drug-likeness (QED) is 0.864. The van der Waals surface area contributed by atoms with Crippen LogP contribution in [0.1, 0.15) is 24.4 Å². The van der Waals surface area contributed by atoms with Gasteiger partial charge in [0.2, 0.25) is 5.95 Å². The van der Waals surface area contributed by atoms with E-state index in [-0.39, 0.29) is 6.04 Å². The molecule has 1 fully saturated rings. The molecule has 0 aliphatic carbocycles. The van der Waals surface area contributed by atoms with Gasteiger partial charge in [-0.25, -0.2) is 9.97 Å². The highest BCUT2D eigenvalue weighted by Gasteiger charge is 2.30. The maximum atomic E-state index is 5.54. The van der Waals surface area contributed by atoms with E-state index in [4.69, 9.17) is 9.47 Å². The van der Waals surface area contributed by atoms with Crippen molar-refractivity contribution in [1.82, 2.24) is 9.97 Å². The Morgan fingerprint density at radius 1 is 1.14 bits per heavy atom. The summed E-state index contributed by atoms with van der Waals surface area (Å²) in [5.41, 5.74) is 1.16. The molecule has 0 radical (unpaired) electrons. The first-order chi connectivity index (χ1) is 10.3. The van der Waals surface area contributed by atoms with Crippen LogP contribution in [0.15, 0.2) is 36.7 Å². The highest BCUT2D eigenvalue weighted by Crippen LogP contribution is 2.39. The summed E-state index contributed by atoms with van der Waals surface area (Å²) in [6.45, 7) is 0.962. The zero-order valence-corrected chi connectivity index (χ0v) is 12.3. The Kier molecular flexibility index (Phi) is 3.90. The third-order valence-electron chi connectivity index (χ3n) is 3.86. The zero-order valence-electron chi connectivity index (χ0n) is 12.3. The summed E-state index contributed by atoms with van der Waals surface area (Å²) in [4.78, 5) is 11.0. The number of benzene rings is 1. The normalized spacial score (nSPS) is 17.8. The van der Waals surface area contributed by atoms with E-state index in [0.717, 1.165) is 42.4 Å². The number of hydrogen-bond acceptors (Lipinski definition) is 5. The molecule has 1 aromatic heterocycles. The summed E-state index contributed by atoms with van der Waals surface area (Å²) < 4.78 is 10.8. The topological polar surface area (TPSA) is 47.5 Å². The number of hydrogen-bond donors (Lipinski definition) is 0. The number of anilines is 1. The van der Waals surface area contributed by atoms with Crippen molar-refractivity contribution < 1.29 is 9.47 Å². The number of nitrogens with zero attached hydrogens (tertiary/aromatic N) is 3. The van der Waals surface area contributed by atoms with Gasteiger partial charge in [0, 0.05) is 30.6 Å². The van der Waals surface area contributed by atoms with Crippen LogP contribution < -0.4 is 14.4 Å². The molecule has 5 nitrogen and oxygen atoms in total. The Morgan fingerprint density at radius 3 is 2.67 bits per heavy atom. The van der Waals surface area contributed by atoms with Gasteiger partial charge in [-0.3, -0.25) is 0 Å². The van der Waals surface area contributed by atoms with E-state index in [1.165, 1.54) is 0 Å². The lowest BCUT2D eigenvalue weighted by Crippen LogP contribution is -2.24. The van der Waals surface area contributed by atoms with Crippen molar-refractivity contribution >= 4 is 5.95 Å². The van der Waals surface area contributed by atoms with Gasteiger partial charge >= 0.3 is 0 Å². The van der Waals surface area contributed by atoms with Gasteiger partial charge < -0.3 is 14.4 Å². The van der Waals surface area contributed by atoms with Crippen molar-refractivity contribution in [3.8, 4) is 11.5 Å². The molecular formula is C16H19N3O2. The molecule has 3 rings (SSSR count). The standard InChI is InChI=1S/C16H19N3O2/c1-20-12-6-7-13(15(11-12)21-2)14-5-3-10-19(14)16-17-8-4-9-18-16/h4,6-9,11,14H,3,5,10H2,1-2H3. The van der Waals surface area contributed by atoms with Crippen LogP contribution in [0.25, 0.3) is 0 Å². The van der Waals surface area contributed by atoms with Gasteiger partial charge in [0.1, 0.15) is 11.5 Å². The van der Waals surface area contributed by atoms with Crippen LogP contribution in [0.4, 0.5) is 5.95 Å². The predicted octanol–water partition coefficient (Wildman–Crippen LogP) is 2.84. The average Bonchev–Trinajstić information content (AvgIpc) is 3.04. The fourth-order valence-electron chi connectivity index (χ4n) is 2.86. The summed E-state index contributed by atoms with van der Waals surface area (Å²) in [6, 6.07) is 8.05. The first kappa shape index (κ1) is 13.7. The van der Waals surface area contributed by atoms with E-state index in [0.29, 0.717) is 0 Å². The Balaban J connectivity index is 1.95. The molecule has 0 bridgehead atoms. The van der Waals surface area contributed by atoms with Crippen LogP contribution in [0.5, 0.6) is 11.5 Å². The van der Waals surface area contributed by atoms with Gasteiger partial charge in [-0.2, -0.15) is 0 Å². The van der Waals surface area contributed by atoms with Crippen molar-refractivity contribution in [2.75, 3.05) is 25.7 Å². The molecule has 0 saturated carbocycles. The van der Waals surface area contributed by atoms with Crippen LogP contribution in [-0.2, 0) is 0 Å². The van der Waals surface area contributed by atoms with Gasteiger partial charge in [0.05, 0.1) is 20.3 Å². The zero-order chi connectivity index (χ0) is 14.7. The van der Waals surface area contributed by atoms with Crippen molar-refractivity contribution in [2.24, 2.45) is 0 Å². The maximum Gasteiger partial charge on any atom is 0.225 e. The minimum atomic E-state index is 0.244. The Bertz CT molecular complexity index is 604. The number of ether oxygens (including phenoxy) is 2. The highest BCUT2D eigenvalue weighted by atomic mass is 16.5. The molecule has 2 heterocycles. The monoisotopic (exact) mass is 285 g/mol. The van der Waals surface area contributed by atoms with Gasteiger partial charge in [-0.15, -0.1) is 0 Å². The molecule has 2 aromatic rings. The Hall–Kier alpha value is -2.30. The first-order valence-corrected chi connectivity index (χ1v) is 7.09. The molecule has 5 heteroatoms. The lowest BCUT2D eigenvalue weighted by molar-refractivity contribution is 0.388. The smallest absolute Gasteiger partial charge is 0.225 e. The minimum Gasteiger partial charge on any atom is -0.497 e. The second kappa shape index (κ2) is 5.99. The molecule has 1 aliphatic heterocycles. The lowest BCUT2D eigenvalue weighted by atomic mass is 10.0. The van der Waals surface area contributed by atoms with E-state index in [2.05, 4.69) is 20.9 Å². The molecule has 21 heavy (non-hydrogen) atoms. The minimum absolute atomic E-state index is 0.244. The van der Waals surface area contributed by atoms with Crippen molar-refractivity contribution in [2.45, 2.75) is 18.9 Å². The van der Waals surface area contributed by atoms with Crippen molar-refractivity contribution in [1.29, 1.82) is 0 Å². The molecule has 1 unspecified atom stereocenters. The van der Waals surface area contributed by atoms with E-state index in [9.17, 15) is 0 Å². The molecule has 0 spiro atoms. The Labute approximate surface area is 124 Å². The lowest BCUT2D eigenvalue weighted by Gasteiger charge is -2.26. The number of methoxy groups -OCH3 is 2. The molecular weight excluding hydrogens is 266 g/mol. The van der Waals surface area contributed by atoms with Crippen LogP contribution in [-0.4, -0.2) is 30.7 Å². The molecule has 0 amide bonds. The van der Waals surface area contributed by atoms with E-state index in [1.54, 1.807) is 26.6 Å². The van der Waals surface area contributed by atoms with E-state index < -0.39 is 0 Å². The predicted molar refractivity (Wildman–Crippen MR) is 80.9 cm³/mol. The Morgan fingerprint density at radius 2 is 1.95 bits per heavy atom. The second-order valence-corrected chi connectivity index (χ2v) is 5.01. The highest BCUT2D eigenvalue weighted by molar-refractivity contribution is 5.47. The van der Waals surface area contributed by atoms with Crippen LogP contribution in [0, 0.1) is 0 Å². The number of aromatic nitrogens is 2. The maximum absolute atomic E-state index is 5.54. The summed E-state index contributed by atoms with van der Waals surface area (Å²) in [5, 5.41) is 0. The summed E-state index contributed by atoms with van der Waals surface area (Å²) in [5.74, 6) is 2.43. The molecule has 1 aromatic carbocycles. The van der Waals surface area contributed by atoms with Crippen LogP contribution >= 0.6 is 0 Å². The van der Waals surface area contributed by atoms with Crippen LogP contribution in [0.2, 0.25) is 0 Å². The summed E-state index contributed by atoms with van der Waals surface area (Å²) >= 11 is 0. The van der Waals surface area contributed by atoms with Gasteiger partial charge in [0.25, 0.3) is 0 Å². The van der Waals surface area contributed by atoms with Crippen molar-refractivity contribution in [3.63, 3.8) is 0 Å². The SMILES string of the molecule is COc1ccc(C2CCCN2c2ncccn2)c(OC)c1.